The van der Waals surface area contributed by atoms with Gasteiger partial charge < -0.3 is 10.2 Å². The average molecular weight is 294 g/mol. The third-order valence-electron chi connectivity index (χ3n) is 4.26. The number of hydrogen-bond donors (Lipinski definition) is 1. The molecule has 1 unspecified atom stereocenters. The molecule has 0 aromatic carbocycles. The SMILES string of the molecule is CCC1(CC)C(=O)NC(C)C(=O)N1CCc1cccs1. The van der Waals surface area contributed by atoms with E-state index in [1.165, 1.54) is 4.88 Å². The van der Waals surface area contributed by atoms with Gasteiger partial charge in [-0.05, 0) is 37.6 Å². The summed E-state index contributed by atoms with van der Waals surface area (Å²) in [5.41, 5.74) is -0.680. The first-order chi connectivity index (χ1) is 9.55. The molecule has 1 atom stereocenters. The van der Waals surface area contributed by atoms with Crippen LogP contribution in [-0.2, 0) is 16.0 Å². The molecule has 2 rings (SSSR count). The molecule has 0 aliphatic carbocycles. The molecule has 110 valence electrons. The van der Waals surface area contributed by atoms with Crippen LogP contribution in [0.1, 0.15) is 38.5 Å². The van der Waals surface area contributed by atoms with Crippen molar-refractivity contribution in [2.75, 3.05) is 6.54 Å². The third-order valence-corrected chi connectivity index (χ3v) is 5.19. The lowest BCUT2D eigenvalue weighted by Gasteiger charge is -2.47. The second-order valence-electron chi connectivity index (χ2n) is 5.25. The highest BCUT2D eigenvalue weighted by Crippen LogP contribution is 2.29. The molecule has 0 radical (unpaired) electrons. The Kier molecular flexibility index (Phi) is 4.48. The third kappa shape index (κ3) is 2.46. The Balaban J connectivity index is 2.22. The Morgan fingerprint density at radius 3 is 2.60 bits per heavy atom. The topological polar surface area (TPSA) is 49.4 Å². The summed E-state index contributed by atoms with van der Waals surface area (Å²) >= 11 is 1.69. The van der Waals surface area contributed by atoms with E-state index in [1.54, 1.807) is 23.2 Å². The van der Waals surface area contributed by atoms with Gasteiger partial charge in [0.05, 0.1) is 0 Å². The van der Waals surface area contributed by atoms with Crippen LogP contribution in [0.15, 0.2) is 17.5 Å². The normalized spacial score (nSPS) is 21.9. The first kappa shape index (κ1) is 15.0. The van der Waals surface area contributed by atoms with Crippen molar-refractivity contribution in [2.24, 2.45) is 0 Å². The highest BCUT2D eigenvalue weighted by atomic mass is 32.1. The highest BCUT2D eigenvalue weighted by molar-refractivity contribution is 7.09. The van der Waals surface area contributed by atoms with Crippen LogP contribution in [0.3, 0.4) is 0 Å². The monoisotopic (exact) mass is 294 g/mol. The summed E-state index contributed by atoms with van der Waals surface area (Å²) in [7, 11) is 0. The van der Waals surface area contributed by atoms with Crippen molar-refractivity contribution in [3.8, 4) is 0 Å². The zero-order valence-electron chi connectivity index (χ0n) is 12.3. The summed E-state index contributed by atoms with van der Waals surface area (Å²) < 4.78 is 0. The Bertz CT molecular complexity index is 480. The molecule has 0 bridgehead atoms. The van der Waals surface area contributed by atoms with Crippen molar-refractivity contribution < 1.29 is 9.59 Å². The Hall–Kier alpha value is -1.36. The largest absolute Gasteiger partial charge is 0.343 e. The van der Waals surface area contributed by atoms with Crippen molar-refractivity contribution >= 4 is 23.2 Å². The van der Waals surface area contributed by atoms with Crippen molar-refractivity contribution in [3.05, 3.63) is 22.4 Å². The maximum absolute atomic E-state index is 12.5. The molecular weight excluding hydrogens is 272 g/mol. The second-order valence-corrected chi connectivity index (χ2v) is 6.29. The zero-order valence-corrected chi connectivity index (χ0v) is 13.1. The fraction of sp³-hybridized carbons (Fsp3) is 0.600. The maximum atomic E-state index is 12.5. The molecule has 1 aliphatic heterocycles. The van der Waals surface area contributed by atoms with Crippen LogP contribution in [-0.4, -0.2) is 34.8 Å². The van der Waals surface area contributed by atoms with Gasteiger partial charge in [0, 0.05) is 11.4 Å². The number of rotatable bonds is 5. The summed E-state index contributed by atoms with van der Waals surface area (Å²) in [6.45, 7) is 6.32. The smallest absolute Gasteiger partial charge is 0.246 e. The van der Waals surface area contributed by atoms with Crippen LogP contribution in [0, 0.1) is 0 Å². The standard InChI is InChI=1S/C15H22N2O2S/c1-4-15(5-2)14(19)16-11(3)13(18)17(15)9-8-12-7-6-10-20-12/h6-7,10-11H,4-5,8-9H2,1-3H3,(H,16,19). The molecular formula is C15H22N2O2S. The minimum absolute atomic E-state index is 0.0132. The average Bonchev–Trinajstić information content (AvgIpc) is 2.95. The fourth-order valence-electron chi connectivity index (χ4n) is 2.91. The van der Waals surface area contributed by atoms with E-state index in [-0.39, 0.29) is 11.8 Å². The summed E-state index contributed by atoms with van der Waals surface area (Å²) in [5.74, 6) is 0.0191. The number of nitrogens with one attached hydrogen (secondary N) is 1. The van der Waals surface area contributed by atoms with E-state index in [1.807, 2.05) is 25.3 Å². The van der Waals surface area contributed by atoms with Crippen molar-refractivity contribution in [1.29, 1.82) is 0 Å². The van der Waals surface area contributed by atoms with Crippen molar-refractivity contribution in [2.45, 2.75) is 51.6 Å². The second kappa shape index (κ2) is 5.95. The number of piperazine rings is 1. The van der Waals surface area contributed by atoms with Gasteiger partial charge in [-0.25, -0.2) is 0 Å². The Morgan fingerprint density at radius 1 is 1.35 bits per heavy atom. The number of hydrogen-bond acceptors (Lipinski definition) is 3. The predicted molar refractivity (Wildman–Crippen MR) is 80.7 cm³/mol. The lowest BCUT2D eigenvalue weighted by molar-refractivity contribution is -0.157. The van der Waals surface area contributed by atoms with Crippen LogP contribution >= 0.6 is 11.3 Å². The van der Waals surface area contributed by atoms with Gasteiger partial charge in [-0.3, -0.25) is 9.59 Å². The van der Waals surface area contributed by atoms with Crippen LogP contribution < -0.4 is 5.32 Å². The molecule has 2 amide bonds. The Labute approximate surface area is 124 Å². The first-order valence-electron chi connectivity index (χ1n) is 7.20. The summed E-state index contributed by atoms with van der Waals surface area (Å²) in [6, 6.07) is 3.67. The molecule has 5 heteroatoms. The molecule has 1 N–H and O–H groups in total. The van der Waals surface area contributed by atoms with E-state index in [0.29, 0.717) is 19.4 Å². The molecule has 0 spiro atoms. The van der Waals surface area contributed by atoms with E-state index in [2.05, 4.69) is 11.4 Å². The van der Waals surface area contributed by atoms with E-state index < -0.39 is 11.6 Å². The Morgan fingerprint density at radius 2 is 2.05 bits per heavy atom. The summed E-state index contributed by atoms with van der Waals surface area (Å²) in [6.07, 6.45) is 2.11. The van der Waals surface area contributed by atoms with E-state index >= 15 is 0 Å². The molecule has 1 fully saturated rings. The van der Waals surface area contributed by atoms with Gasteiger partial charge in [0.25, 0.3) is 0 Å². The molecule has 1 saturated heterocycles. The van der Waals surface area contributed by atoms with Crippen molar-refractivity contribution in [3.63, 3.8) is 0 Å². The molecule has 2 heterocycles. The molecule has 20 heavy (non-hydrogen) atoms. The summed E-state index contributed by atoms with van der Waals surface area (Å²) in [4.78, 5) is 27.9. The van der Waals surface area contributed by atoms with Gasteiger partial charge in [0.2, 0.25) is 11.8 Å². The summed E-state index contributed by atoms with van der Waals surface area (Å²) in [5, 5.41) is 4.85. The molecule has 1 aromatic heterocycles. The quantitative estimate of drug-likeness (QED) is 0.905. The molecule has 1 aliphatic rings. The number of carbonyl (C=O) groups is 2. The zero-order chi connectivity index (χ0) is 14.8. The number of nitrogens with zero attached hydrogens (tertiary/aromatic N) is 1. The lowest BCUT2D eigenvalue weighted by atomic mass is 9.86. The van der Waals surface area contributed by atoms with E-state index in [0.717, 1.165) is 6.42 Å². The molecule has 1 aromatic rings. The van der Waals surface area contributed by atoms with E-state index in [9.17, 15) is 9.59 Å². The van der Waals surface area contributed by atoms with Gasteiger partial charge in [-0.1, -0.05) is 19.9 Å². The minimum atomic E-state index is -0.680. The van der Waals surface area contributed by atoms with Gasteiger partial charge in [-0.15, -0.1) is 11.3 Å². The van der Waals surface area contributed by atoms with Crippen LogP contribution in [0.25, 0.3) is 0 Å². The fourth-order valence-corrected chi connectivity index (χ4v) is 3.61. The number of thiophene rings is 1. The van der Waals surface area contributed by atoms with Crippen molar-refractivity contribution in [1.82, 2.24) is 10.2 Å². The number of amides is 2. The van der Waals surface area contributed by atoms with Crippen LogP contribution in [0.4, 0.5) is 0 Å². The number of carbonyl (C=O) groups excluding carboxylic acids is 2. The molecule has 0 saturated carbocycles. The molecule has 4 nitrogen and oxygen atoms in total. The highest BCUT2D eigenvalue weighted by Gasteiger charge is 2.48. The van der Waals surface area contributed by atoms with Crippen LogP contribution in [0.2, 0.25) is 0 Å². The lowest BCUT2D eigenvalue weighted by Crippen LogP contribution is -2.69. The van der Waals surface area contributed by atoms with Crippen LogP contribution in [0.5, 0.6) is 0 Å². The first-order valence-corrected chi connectivity index (χ1v) is 8.08. The van der Waals surface area contributed by atoms with Gasteiger partial charge in [-0.2, -0.15) is 0 Å². The van der Waals surface area contributed by atoms with E-state index in [4.69, 9.17) is 0 Å². The van der Waals surface area contributed by atoms with Gasteiger partial charge in [0.15, 0.2) is 0 Å². The van der Waals surface area contributed by atoms with Gasteiger partial charge in [0.1, 0.15) is 11.6 Å². The predicted octanol–water partition coefficient (Wildman–Crippen LogP) is 2.20. The minimum Gasteiger partial charge on any atom is -0.343 e. The van der Waals surface area contributed by atoms with Gasteiger partial charge >= 0.3 is 0 Å². The maximum Gasteiger partial charge on any atom is 0.246 e.